The van der Waals surface area contributed by atoms with E-state index in [4.69, 9.17) is 0 Å². The maximum absolute atomic E-state index is 11.7. The van der Waals surface area contributed by atoms with E-state index in [0.29, 0.717) is 25.6 Å². The molecule has 2 rings (SSSR count). The highest BCUT2D eigenvalue weighted by atomic mass is 32.2. The summed E-state index contributed by atoms with van der Waals surface area (Å²) < 4.78 is 25.0. The summed E-state index contributed by atoms with van der Waals surface area (Å²) in [5.41, 5.74) is 1.21. The fourth-order valence-electron chi connectivity index (χ4n) is 3.06. The second kappa shape index (κ2) is 8.06. The van der Waals surface area contributed by atoms with Crippen molar-refractivity contribution in [2.45, 2.75) is 19.4 Å². The summed E-state index contributed by atoms with van der Waals surface area (Å²) in [6.45, 7) is 3.57. The molecule has 0 amide bonds. The summed E-state index contributed by atoms with van der Waals surface area (Å²) in [6, 6.07) is 10.2. The van der Waals surface area contributed by atoms with Crippen molar-refractivity contribution < 1.29 is 13.5 Å². The summed E-state index contributed by atoms with van der Waals surface area (Å²) >= 11 is 0. The number of hydrogen-bond acceptors (Lipinski definition) is 4. The topological polar surface area (TPSA) is 60.9 Å². The van der Waals surface area contributed by atoms with Gasteiger partial charge in [0, 0.05) is 32.7 Å². The third-order valence-corrected chi connectivity index (χ3v) is 5.40. The van der Waals surface area contributed by atoms with Crippen molar-refractivity contribution in [1.29, 1.82) is 0 Å². The molecule has 22 heavy (non-hydrogen) atoms. The van der Waals surface area contributed by atoms with Crippen molar-refractivity contribution in [2.24, 2.45) is 5.92 Å². The Balaban J connectivity index is 1.95. The lowest BCUT2D eigenvalue weighted by Crippen LogP contribution is -2.43. The second-order valence-electron chi connectivity index (χ2n) is 6.07. The summed E-state index contributed by atoms with van der Waals surface area (Å²) in [6.07, 6.45) is 3.24. The number of aliphatic hydroxyl groups is 1. The van der Waals surface area contributed by atoms with Crippen LogP contribution in [0.2, 0.25) is 0 Å². The molecule has 0 aromatic heterocycles. The Bertz CT molecular complexity index is 548. The van der Waals surface area contributed by atoms with Gasteiger partial charge in [-0.05, 0) is 24.3 Å². The molecule has 1 N–H and O–H groups in total. The van der Waals surface area contributed by atoms with Gasteiger partial charge in [-0.2, -0.15) is 0 Å². The first-order chi connectivity index (χ1) is 10.5. The monoisotopic (exact) mass is 326 g/mol. The van der Waals surface area contributed by atoms with Gasteiger partial charge in [0.2, 0.25) is 10.0 Å². The van der Waals surface area contributed by atoms with Crippen molar-refractivity contribution in [3.63, 3.8) is 0 Å². The molecule has 6 heteroatoms. The molecule has 0 bridgehead atoms. The molecular formula is C16H26N2O3S. The Hall–Kier alpha value is -0.950. The zero-order valence-corrected chi connectivity index (χ0v) is 14.0. The molecule has 1 aromatic rings. The van der Waals surface area contributed by atoms with Crippen LogP contribution < -0.4 is 0 Å². The van der Waals surface area contributed by atoms with Crippen molar-refractivity contribution in [1.82, 2.24) is 9.21 Å². The van der Waals surface area contributed by atoms with E-state index in [9.17, 15) is 13.5 Å². The number of benzene rings is 1. The van der Waals surface area contributed by atoms with E-state index in [-0.39, 0.29) is 6.61 Å². The van der Waals surface area contributed by atoms with Crippen molar-refractivity contribution in [2.75, 3.05) is 39.0 Å². The number of piperidine rings is 1. The van der Waals surface area contributed by atoms with Gasteiger partial charge in [0.1, 0.15) is 0 Å². The van der Waals surface area contributed by atoms with Gasteiger partial charge in [-0.15, -0.1) is 0 Å². The van der Waals surface area contributed by atoms with Crippen molar-refractivity contribution >= 4 is 10.0 Å². The summed E-state index contributed by atoms with van der Waals surface area (Å²) in [4.78, 5) is 2.21. The summed E-state index contributed by atoms with van der Waals surface area (Å²) in [5.74, 6) is 0.332. The molecule has 1 aromatic carbocycles. The highest BCUT2D eigenvalue weighted by molar-refractivity contribution is 7.88. The Morgan fingerprint density at radius 1 is 1.32 bits per heavy atom. The number of hydrogen-bond donors (Lipinski definition) is 1. The average molecular weight is 326 g/mol. The fraction of sp³-hybridized carbons (Fsp3) is 0.625. The van der Waals surface area contributed by atoms with Crippen LogP contribution in [0.15, 0.2) is 30.3 Å². The van der Waals surface area contributed by atoms with E-state index in [1.807, 2.05) is 18.2 Å². The van der Waals surface area contributed by atoms with Crippen LogP contribution in [0.25, 0.3) is 0 Å². The lowest BCUT2D eigenvalue weighted by molar-refractivity contribution is 0.144. The maximum atomic E-state index is 11.7. The van der Waals surface area contributed by atoms with Crippen LogP contribution >= 0.6 is 0 Å². The Morgan fingerprint density at radius 2 is 2.05 bits per heavy atom. The molecule has 0 radical (unpaired) electrons. The molecule has 0 aliphatic carbocycles. The second-order valence-corrected chi connectivity index (χ2v) is 8.06. The first-order valence-corrected chi connectivity index (χ1v) is 9.66. The van der Waals surface area contributed by atoms with Gasteiger partial charge in [0.15, 0.2) is 0 Å². The maximum Gasteiger partial charge on any atom is 0.211 e. The Labute approximate surface area is 133 Å². The Morgan fingerprint density at radius 3 is 2.68 bits per heavy atom. The minimum Gasteiger partial charge on any atom is -0.395 e. The fourth-order valence-corrected chi connectivity index (χ4v) is 4.00. The molecule has 1 aliphatic heterocycles. The highest BCUT2D eigenvalue weighted by Gasteiger charge is 2.27. The molecule has 1 saturated heterocycles. The quantitative estimate of drug-likeness (QED) is 0.817. The van der Waals surface area contributed by atoms with Gasteiger partial charge >= 0.3 is 0 Å². The van der Waals surface area contributed by atoms with E-state index in [1.165, 1.54) is 11.8 Å². The molecule has 0 saturated carbocycles. The van der Waals surface area contributed by atoms with E-state index >= 15 is 0 Å². The molecule has 124 valence electrons. The zero-order valence-electron chi connectivity index (χ0n) is 13.2. The van der Waals surface area contributed by atoms with E-state index < -0.39 is 10.0 Å². The lowest BCUT2D eigenvalue weighted by Gasteiger charge is -2.34. The van der Waals surface area contributed by atoms with Gasteiger partial charge in [-0.3, -0.25) is 4.90 Å². The van der Waals surface area contributed by atoms with Gasteiger partial charge in [-0.25, -0.2) is 12.7 Å². The minimum atomic E-state index is -3.10. The largest absolute Gasteiger partial charge is 0.395 e. The third kappa shape index (κ3) is 5.35. The van der Waals surface area contributed by atoms with Crippen LogP contribution in [-0.2, 0) is 16.6 Å². The smallest absolute Gasteiger partial charge is 0.211 e. The number of rotatable bonds is 7. The first kappa shape index (κ1) is 17.4. The van der Waals surface area contributed by atoms with E-state index in [2.05, 4.69) is 17.0 Å². The lowest BCUT2D eigenvalue weighted by atomic mass is 9.99. The molecule has 0 spiro atoms. The number of nitrogens with zero attached hydrogens (tertiary/aromatic N) is 2. The predicted molar refractivity (Wildman–Crippen MR) is 87.9 cm³/mol. The number of aliphatic hydroxyl groups excluding tert-OH is 1. The molecule has 1 heterocycles. The molecule has 5 nitrogen and oxygen atoms in total. The zero-order chi connectivity index (χ0) is 16.0. The average Bonchev–Trinajstić information content (AvgIpc) is 2.48. The van der Waals surface area contributed by atoms with Gasteiger partial charge < -0.3 is 5.11 Å². The molecule has 1 unspecified atom stereocenters. The third-order valence-electron chi connectivity index (χ3n) is 4.13. The predicted octanol–water partition coefficient (Wildman–Crippen LogP) is 1.15. The van der Waals surface area contributed by atoms with Crippen molar-refractivity contribution in [3.8, 4) is 0 Å². The van der Waals surface area contributed by atoms with Gasteiger partial charge in [0.25, 0.3) is 0 Å². The molecule has 1 atom stereocenters. The van der Waals surface area contributed by atoms with E-state index in [1.54, 1.807) is 4.31 Å². The molecule has 1 fully saturated rings. The summed E-state index contributed by atoms with van der Waals surface area (Å²) in [7, 11) is -3.10. The van der Waals surface area contributed by atoms with Crippen LogP contribution in [0.5, 0.6) is 0 Å². The van der Waals surface area contributed by atoms with Crippen LogP contribution in [0.3, 0.4) is 0 Å². The van der Waals surface area contributed by atoms with Crippen LogP contribution in [0.4, 0.5) is 0 Å². The minimum absolute atomic E-state index is 0.120. The van der Waals surface area contributed by atoms with Crippen LogP contribution in [-0.4, -0.2) is 61.8 Å². The molecule has 1 aliphatic rings. The standard InChI is InChI=1S/C16H26N2O3S/c1-22(20,21)18-9-5-8-16(14-18)13-17(10-11-19)12-15-6-3-2-4-7-15/h2-4,6-7,16,19H,5,8-14H2,1H3. The normalized spacial score (nSPS) is 20.4. The van der Waals surface area contributed by atoms with Gasteiger partial charge in [0.05, 0.1) is 12.9 Å². The van der Waals surface area contributed by atoms with Gasteiger partial charge in [-0.1, -0.05) is 30.3 Å². The first-order valence-electron chi connectivity index (χ1n) is 7.81. The van der Waals surface area contributed by atoms with Crippen LogP contribution in [0, 0.1) is 5.92 Å². The summed E-state index contributed by atoms with van der Waals surface area (Å²) in [5, 5.41) is 9.28. The molecular weight excluding hydrogens is 300 g/mol. The number of sulfonamides is 1. The SMILES string of the molecule is CS(=O)(=O)N1CCCC(CN(CCO)Cc2ccccc2)C1. The highest BCUT2D eigenvalue weighted by Crippen LogP contribution is 2.20. The van der Waals surface area contributed by atoms with Crippen molar-refractivity contribution in [3.05, 3.63) is 35.9 Å². The van der Waals surface area contributed by atoms with Crippen LogP contribution in [0.1, 0.15) is 18.4 Å². The van der Waals surface area contributed by atoms with E-state index in [0.717, 1.165) is 25.9 Å². The Kier molecular flexibility index (Phi) is 6.37.